The van der Waals surface area contributed by atoms with Gasteiger partial charge in [-0.05, 0) is 76.2 Å². The summed E-state index contributed by atoms with van der Waals surface area (Å²) in [6.07, 6.45) is 1.28. The number of halogens is 1. The summed E-state index contributed by atoms with van der Waals surface area (Å²) in [5.74, 6) is 0.233. The Morgan fingerprint density at radius 3 is 2.56 bits per heavy atom. The van der Waals surface area contributed by atoms with Gasteiger partial charge in [0.2, 0.25) is 0 Å². The zero-order valence-corrected chi connectivity index (χ0v) is 23.2. The quantitative estimate of drug-likeness (QED) is 0.263. The number of allylic oxidation sites excluding steroid dienone is 1. The number of methoxy groups -OCH3 is 1. The second kappa shape index (κ2) is 10.4. The summed E-state index contributed by atoms with van der Waals surface area (Å²) in [6.45, 7) is 4.05. The van der Waals surface area contributed by atoms with Gasteiger partial charge in [0.1, 0.15) is 5.82 Å². The van der Waals surface area contributed by atoms with E-state index >= 15 is 0 Å². The molecule has 2 aliphatic rings. The molecule has 0 saturated carbocycles. The lowest BCUT2D eigenvalue weighted by Gasteiger charge is -2.40. The second-order valence-corrected chi connectivity index (χ2v) is 11.4. The standard InChI is InChI=1S/C34H31FN2O4/c1-34(2)17-25-31-24-7-5-4-6-20(24)8-14-26(31)37-33(32(25)27(38)18-34)21-9-15-28(29(16-21)40-3)41-19-30(39)36-23-12-10-22(35)11-13-23/h4-16,33,37H,17-19H2,1-3H3,(H,36,39)/t33-/m0/s1. The predicted octanol–water partition coefficient (Wildman–Crippen LogP) is 7.31. The van der Waals surface area contributed by atoms with Crippen LogP contribution in [0.2, 0.25) is 0 Å². The van der Waals surface area contributed by atoms with Gasteiger partial charge in [0.05, 0.1) is 13.2 Å². The van der Waals surface area contributed by atoms with Crippen molar-refractivity contribution in [1.29, 1.82) is 0 Å². The van der Waals surface area contributed by atoms with Crippen LogP contribution in [-0.4, -0.2) is 25.4 Å². The average molecular weight is 551 g/mol. The molecule has 1 heterocycles. The van der Waals surface area contributed by atoms with Gasteiger partial charge in [-0.15, -0.1) is 0 Å². The molecule has 6 nitrogen and oxygen atoms in total. The maximum atomic E-state index is 13.7. The molecule has 1 atom stereocenters. The highest BCUT2D eigenvalue weighted by molar-refractivity contribution is 6.12. The minimum atomic E-state index is -0.384. The fraction of sp³-hybridized carbons (Fsp3) is 0.235. The van der Waals surface area contributed by atoms with E-state index in [0.29, 0.717) is 23.6 Å². The van der Waals surface area contributed by atoms with Crippen LogP contribution in [-0.2, 0) is 9.59 Å². The summed E-state index contributed by atoms with van der Waals surface area (Å²) >= 11 is 0. The molecule has 41 heavy (non-hydrogen) atoms. The summed E-state index contributed by atoms with van der Waals surface area (Å²) in [4.78, 5) is 26.1. The number of benzene rings is 4. The van der Waals surface area contributed by atoms with E-state index in [-0.39, 0.29) is 35.6 Å². The van der Waals surface area contributed by atoms with Crippen LogP contribution in [0.4, 0.5) is 15.8 Å². The number of hydrogen-bond acceptors (Lipinski definition) is 5. The third-order valence-corrected chi connectivity index (χ3v) is 7.75. The van der Waals surface area contributed by atoms with Gasteiger partial charge in [0.15, 0.2) is 23.9 Å². The summed E-state index contributed by atoms with van der Waals surface area (Å²) < 4.78 is 24.6. The molecule has 0 aromatic heterocycles. The SMILES string of the molecule is COc1cc([C@@H]2Nc3ccc4ccccc4c3C3=C2C(=O)CC(C)(C)C3)ccc1OCC(=O)Nc1ccc(F)cc1. The number of fused-ring (bicyclic) bond motifs is 4. The van der Waals surface area contributed by atoms with Crippen LogP contribution in [0.1, 0.15) is 43.9 Å². The number of Topliss-reactive ketones (excluding diaryl/α,β-unsaturated/α-hetero) is 1. The Bertz CT molecular complexity index is 1710. The van der Waals surface area contributed by atoms with Crippen LogP contribution < -0.4 is 20.1 Å². The molecule has 4 aromatic carbocycles. The first-order valence-corrected chi connectivity index (χ1v) is 13.6. The molecule has 0 radical (unpaired) electrons. The molecule has 1 aliphatic heterocycles. The minimum absolute atomic E-state index is 0.143. The van der Waals surface area contributed by atoms with E-state index < -0.39 is 0 Å². The van der Waals surface area contributed by atoms with Crippen molar-refractivity contribution in [3.8, 4) is 11.5 Å². The Labute approximate surface area is 238 Å². The smallest absolute Gasteiger partial charge is 0.262 e. The number of carbonyl (C=O) groups is 2. The Morgan fingerprint density at radius 2 is 1.78 bits per heavy atom. The molecule has 7 heteroatoms. The van der Waals surface area contributed by atoms with Crippen molar-refractivity contribution in [2.75, 3.05) is 24.4 Å². The van der Waals surface area contributed by atoms with Crippen molar-refractivity contribution in [2.45, 2.75) is 32.7 Å². The Balaban J connectivity index is 1.32. The van der Waals surface area contributed by atoms with Crippen LogP contribution in [0, 0.1) is 11.2 Å². The molecule has 0 bridgehead atoms. The van der Waals surface area contributed by atoms with Crippen LogP contribution in [0.25, 0.3) is 16.3 Å². The number of rotatable bonds is 6. The highest BCUT2D eigenvalue weighted by atomic mass is 19.1. The van der Waals surface area contributed by atoms with E-state index in [4.69, 9.17) is 9.47 Å². The summed E-state index contributed by atoms with van der Waals surface area (Å²) in [5.41, 5.74) is 5.19. The zero-order valence-electron chi connectivity index (χ0n) is 23.2. The van der Waals surface area contributed by atoms with Crippen molar-refractivity contribution in [3.05, 3.63) is 101 Å². The summed E-state index contributed by atoms with van der Waals surface area (Å²) in [5, 5.41) is 8.60. The Kier molecular flexibility index (Phi) is 6.73. The number of carbonyl (C=O) groups excluding carboxylic acids is 2. The molecular weight excluding hydrogens is 519 g/mol. The molecule has 0 saturated heterocycles. The monoisotopic (exact) mass is 550 g/mol. The van der Waals surface area contributed by atoms with Crippen molar-refractivity contribution in [1.82, 2.24) is 0 Å². The van der Waals surface area contributed by atoms with E-state index in [2.05, 4.69) is 48.7 Å². The van der Waals surface area contributed by atoms with Gasteiger partial charge in [0.25, 0.3) is 5.91 Å². The summed E-state index contributed by atoms with van der Waals surface area (Å²) in [7, 11) is 1.54. The Morgan fingerprint density at radius 1 is 1.00 bits per heavy atom. The van der Waals surface area contributed by atoms with E-state index in [0.717, 1.165) is 45.2 Å². The molecule has 0 spiro atoms. The van der Waals surface area contributed by atoms with Crippen molar-refractivity contribution in [3.63, 3.8) is 0 Å². The average Bonchev–Trinajstić information content (AvgIpc) is 2.95. The van der Waals surface area contributed by atoms with Crippen LogP contribution in [0.15, 0.2) is 84.4 Å². The van der Waals surface area contributed by atoms with E-state index in [1.54, 1.807) is 13.2 Å². The molecule has 6 rings (SSSR count). The highest BCUT2D eigenvalue weighted by Crippen LogP contribution is 2.52. The molecule has 0 unspecified atom stereocenters. The van der Waals surface area contributed by atoms with Gasteiger partial charge in [0, 0.05) is 28.9 Å². The maximum Gasteiger partial charge on any atom is 0.262 e. The number of ketones is 1. The van der Waals surface area contributed by atoms with Crippen molar-refractivity contribution < 1.29 is 23.5 Å². The van der Waals surface area contributed by atoms with Gasteiger partial charge in [-0.1, -0.05) is 50.2 Å². The fourth-order valence-electron chi connectivity index (χ4n) is 5.94. The van der Waals surface area contributed by atoms with Gasteiger partial charge in [-0.25, -0.2) is 4.39 Å². The van der Waals surface area contributed by atoms with Crippen molar-refractivity contribution >= 4 is 39.4 Å². The van der Waals surface area contributed by atoms with Crippen LogP contribution in [0.5, 0.6) is 11.5 Å². The molecule has 1 amide bonds. The second-order valence-electron chi connectivity index (χ2n) is 11.4. The van der Waals surface area contributed by atoms with Crippen molar-refractivity contribution in [2.24, 2.45) is 5.41 Å². The first-order valence-electron chi connectivity index (χ1n) is 13.6. The van der Waals surface area contributed by atoms with Crippen LogP contribution in [0.3, 0.4) is 0 Å². The Hall–Kier alpha value is -4.65. The molecule has 208 valence electrons. The third kappa shape index (κ3) is 5.15. The van der Waals surface area contributed by atoms with Gasteiger partial charge in [-0.3, -0.25) is 9.59 Å². The zero-order chi connectivity index (χ0) is 28.7. The number of nitrogens with one attached hydrogen (secondary N) is 2. The summed E-state index contributed by atoms with van der Waals surface area (Å²) in [6, 6.07) is 23.2. The minimum Gasteiger partial charge on any atom is -0.493 e. The van der Waals surface area contributed by atoms with Gasteiger partial charge < -0.3 is 20.1 Å². The third-order valence-electron chi connectivity index (χ3n) is 7.75. The van der Waals surface area contributed by atoms with E-state index in [1.807, 2.05) is 24.3 Å². The molecule has 0 fully saturated rings. The molecule has 4 aromatic rings. The van der Waals surface area contributed by atoms with E-state index in [9.17, 15) is 14.0 Å². The lowest BCUT2D eigenvalue weighted by atomic mass is 9.68. The van der Waals surface area contributed by atoms with Crippen LogP contribution >= 0.6 is 0 Å². The highest BCUT2D eigenvalue weighted by Gasteiger charge is 2.41. The lowest BCUT2D eigenvalue weighted by Crippen LogP contribution is -2.33. The van der Waals surface area contributed by atoms with E-state index in [1.165, 1.54) is 24.3 Å². The molecule has 1 aliphatic carbocycles. The number of amides is 1. The number of anilines is 2. The largest absolute Gasteiger partial charge is 0.493 e. The number of hydrogen-bond donors (Lipinski definition) is 2. The topological polar surface area (TPSA) is 76.7 Å². The maximum absolute atomic E-state index is 13.7. The van der Waals surface area contributed by atoms with Gasteiger partial charge >= 0.3 is 0 Å². The lowest BCUT2D eigenvalue weighted by molar-refractivity contribution is -0.118. The predicted molar refractivity (Wildman–Crippen MR) is 159 cm³/mol. The van der Waals surface area contributed by atoms with Gasteiger partial charge in [-0.2, -0.15) is 0 Å². The first-order chi connectivity index (χ1) is 19.7. The molecular formula is C34H31FN2O4. The first kappa shape index (κ1) is 26.6. The normalized spacial score (nSPS) is 17.4. The fourth-order valence-corrected chi connectivity index (χ4v) is 5.94. The molecule has 2 N–H and O–H groups in total. The number of ether oxygens (including phenoxy) is 2.